The van der Waals surface area contributed by atoms with E-state index in [9.17, 15) is 9.13 Å². The maximum atomic E-state index is 16.0. The van der Waals surface area contributed by atoms with E-state index in [1.165, 1.54) is 34.4 Å². The zero-order chi connectivity index (χ0) is 31.3. The van der Waals surface area contributed by atoms with E-state index in [1.807, 2.05) is 0 Å². The van der Waals surface area contributed by atoms with E-state index in [0.717, 1.165) is 0 Å². The van der Waals surface area contributed by atoms with E-state index in [-0.39, 0.29) is 29.4 Å². The molecular weight excluding hydrogens is 639 g/mol. The number of rotatable bonds is 2. The lowest BCUT2D eigenvalue weighted by molar-refractivity contribution is -0.183. The molecule has 8 rings (SSSR count). The maximum Gasteiger partial charge on any atom is 0.264 e. The molecule has 2 bridgehead atoms. The lowest BCUT2D eigenvalue weighted by Gasteiger charge is -2.34. The molecule has 4 fully saturated rings. The van der Waals surface area contributed by atoms with Crippen molar-refractivity contribution in [3.63, 3.8) is 0 Å². The number of nitrogen functional groups attached to an aromatic ring is 2. The van der Waals surface area contributed by atoms with Crippen LogP contribution in [0.2, 0.25) is 0 Å². The van der Waals surface area contributed by atoms with Gasteiger partial charge in [-0.05, 0) is 0 Å². The Bertz CT molecular complexity index is 1920. The quantitative estimate of drug-likeness (QED) is 0.214. The molecule has 4 N–H and O–H groups in total. The molecule has 0 spiro atoms. The number of hydrogen-bond acceptors (Lipinski definition) is 17. The standard InChI is InChI=1S/C21H21B2FN10O9P2/c22-44(35)38-1-8-12(9(24)19(40-8)33-6-31-10-15(25)27-4-29-17(10)33)42-45(23,36)39-3-21-2-37-13(14(21)43-44)20(41-21)34-7-32-11-16(26)28-5-30-18(11)34/h4-9,12-14,19-20H,1-3H2,(H2,25,27,29)(H2,26,28,30)/t8-,9+,12?,13?,14-,19-,20-,21-,44+,45+/m1/s1. The molecule has 8 heterocycles. The molecule has 10 atom stereocenters. The second-order valence-electron chi connectivity index (χ2n) is 10.8. The van der Waals surface area contributed by atoms with Gasteiger partial charge in [0.1, 0.15) is 53.7 Å². The molecular formula is C21H21B2FN10O9P2. The third-order valence-electron chi connectivity index (χ3n) is 8.00. The zero-order valence-corrected chi connectivity index (χ0v) is 24.6. The number of anilines is 2. The van der Waals surface area contributed by atoms with Gasteiger partial charge in [-0.1, -0.05) is 0 Å². The molecule has 0 amide bonds. The topological polar surface area (TPSA) is 238 Å². The van der Waals surface area contributed by atoms with Gasteiger partial charge in [0.2, 0.25) is 15.1 Å². The Balaban J connectivity index is 1.10. The molecule has 4 saturated heterocycles. The van der Waals surface area contributed by atoms with Gasteiger partial charge in [0, 0.05) is 0 Å². The van der Waals surface area contributed by atoms with E-state index in [4.69, 9.17) is 58.9 Å². The minimum absolute atomic E-state index is 0.0607. The second kappa shape index (κ2) is 10.2. The molecule has 4 radical (unpaired) electrons. The molecule has 2 unspecified atom stereocenters. The number of nitrogens with two attached hydrogens (primary N) is 2. The first-order valence-electron chi connectivity index (χ1n) is 13.3. The Morgan fingerprint density at radius 3 is 2.13 bits per heavy atom. The highest BCUT2D eigenvalue weighted by atomic mass is 31.2. The second-order valence-corrected chi connectivity index (χ2v) is 13.9. The number of hydrogen-bond donors (Lipinski definition) is 2. The van der Waals surface area contributed by atoms with Crippen molar-refractivity contribution >= 4 is 64.0 Å². The van der Waals surface area contributed by atoms with Crippen molar-refractivity contribution in [2.75, 3.05) is 31.3 Å². The third-order valence-corrected chi connectivity index (χ3v) is 10.1. The summed E-state index contributed by atoms with van der Waals surface area (Å²) >= 11 is 0. The molecule has 4 aromatic rings. The van der Waals surface area contributed by atoms with Crippen molar-refractivity contribution in [3.05, 3.63) is 25.3 Å². The molecule has 4 aliphatic heterocycles. The number of alkyl halides is 1. The summed E-state index contributed by atoms with van der Waals surface area (Å²) in [5.41, 5.74) is 11.2. The van der Waals surface area contributed by atoms with Crippen molar-refractivity contribution in [1.29, 1.82) is 0 Å². The Morgan fingerprint density at radius 2 is 1.47 bits per heavy atom. The highest BCUT2D eigenvalue weighted by molar-refractivity contribution is 7.79. The van der Waals surface area contributed by atoms with Crippen LogP contribution in [0.15, 0.2) is 25.3 Å². The number of nitrogens with zero attached hydrogens (tertiary/aromatic N) is 8. The molecule has 4 aromatic heterocycles. The van der Waals surface area contributed by atoms with Gasteiger partial charge in [0.25, 0.3) is 14.9 Å². The predicted molar refractivity (Wildman–Crippen MR) is 149 cm³/mol. The Labute approximate surface area is 254 Å². The van der Waals surface area contributed by atoms with Crippen LogP contribution in [0.25, 0.3) is 22.3 Å². The number of ether oxygens (including phenoxy) is 3. The van der Waals surface area contributed by atoms with Crippen LogP contribution in [0.5, 0.6) is 0 Å². The van der Waals surface area contributed by atoms with Gasteiger partial charge in [-0.25, -0.2) is 34.3 Å². The van der Waals surface area contributed by atoms with Gasteiger partial charge in [-0.3, -0.25) is 18.3 Å². The summed E-state index contributed by atoms with van der Waals surface area (Å²) in [4.78, 5) is 24.5. The summed E-state index contributed by atoms with van der Waals surface area (Å²) in [5, 5.41) is 0. The van der Waals surface area contributed by atoms with Crippen molar-refractivity contribution in [2.45, 2.75) is 48.6 Å². The van der Waals surface area contributed by atoms with E-state index < -0.39 is 76.8 Å². The summed E-state index contributed by atoms with van der Waals surface area (Å²) < 4.78 is 86.3. The van der Waals surface area contributed by atoms with Crippen LogP contribution in [0.3, 0.4) is 0 Å². The fourth-order valence-electron chi connectivity index (χ4n) is 5.93. The van der Waals surface area contributed by atoms with Crippen molar-refractivity contribution in [1.82, 2.24) is 39.0 Å². The number of imidazole rings is 2. The third kappa shape index (κ3) is 4.70. The summed E-state index contributed by atoms with van der Waals surface area (Å²) in [6.45, 7) is -1.37. The number of aromatic nitrogens is 8. The minimum atomic E-state index is -4.54. The summed E-state index contributed by atoms with van der Waals surface area (Å²) in [6, 6.07) is 0. The fraction of sp³-hybridized carbons (Fsp3) is 0.524. The molecule has 24 heteroatoms. The molecule has 4 aliphatic rings. The molecule has 45 heavy (non-hydrogen) atoms. The van der Waals surface area contributed by atoms with Crippen molar-refractivity contribution < 1.29 is 45.8 Å². The average molecular weight is 660 g/mol. The Morgan fingerprint density at radius 1 is 0.844 bits per heavy atom. The normalized spacial score (nSPS) is 40.2. The first kappa shape index (κ1) is 29.3. The van der Waals surface area contributed by atoms with E-state index in [2.05, 4.69) is 29.9 Å². The SMILES string of the molecule is [B][P@]1(=O)OC[C@@]23COC([C@H](n4cnc5c(N)ncnc54)O2)[C@H]3O[P@@]([B])(=O)OC[C@H]2O[C@@H](n3cnc4c(N)ncnc43)[C@@H](F)C2O1. The van der Waals surface area contributed by atoms with Crippen molar-refractivity contribution in [2.24, 2.45) is 0 Å². The summed E-state index contributed by atoms with van der Waals surface area (Å²) in [5.74, 6) is 0.193. The molecule has 0 aromatic carbocycles. The Hall–Kier alpha value is -3.06. The van der Waals surface area contributed by atoms with E-state index >= 15 is 4.39 Å². The van der Waals surface area contributed by atoms with Crippen LogP contribution in [-0.4, -0.2) is 110 Å². The van der Waals surface area contributed by atoms with Gasteiger partial charge in [0.15, 0.2) is 41.6 Å². The van der Waals surface area contributed by atoms with Crippen LogP contribution in [-0.2, 0) is 41.4 Å². The average Bonchev–Trinajstić information content (AvgIpc) is 3.80. The zero-order valence-electron chi connectivity index (χ0n) is 22.8. The Kier molecular flexibility index (Phi) is 6.67. The molecule has 19 nitrogen and oxygen atoms in total. The first-order valence-corrected chi connectivity index (χ1v) is 16.6. The first-order chi connectivity index (χ1) is 21.5. The smallest absolute Gasteiger partial charge is 0.264 e. The highest BCUT2D eigenvalue weighted by Crippen LogP contribution is 2.58. The maximum absolute atomic E-state index is 16.0. The number of halogens is 1. The van der Waals surface area contributed by atoms with Crippen LogP contribution < -0.4 is 11.5 Å². The van der Waals surface area contributed by atoms with Gasteiger partial charge < -0.3 is 43.8 Å². The minimum Gasteiger partial charge on any atom is -0.382 e. The lowest BCUT2D eigenvalue weighted by atomic mass is 10.0. The van der Waals surface area contributed by atoms with Gasteiger partial charge in [-0.2, -0.15) is 0 Å². The lowest BCUT2D eigenvalue weighted by Crippen LogP contribution is -2.46. The van der Waals surface area contributed by atoms with Gasteiger partial charge >= 0.3 is 0 Å². The summed E-state index contributed by atoms with van der Waals surface area (Å²) in [6.07, 6.45) is -4.53. The van der Waals surface area contributed by atoms with Crippen LogP contribution in [0, 0.1) is 0 Å². The molecule has 0 saturated carbocycles. The largest absolute Gasteiger partial charge is 0.382 e. The monoisotopic (exact) mass is 660 g/mol. The summed E-state index contributed by atoms with van der Waals surface area (Å²) in [7, 11) is 3.00. The van der Waals surface area contributed by atoms with E-state index in [1.54, 1.807) is 0 Å². The van der Waals surface area contributed by atoms with Gasteiger partial charge in [-0.15, -0.1) is 0 Å². The van der Waals surface area contributed by atoms with Crippen LogP contribution in [0.1, 0.15) is 12.5 Å². The molecule has 232 valence electrons. The number of fused-ring (bicyclic) bond motifs is 3. The van der Waals surface area contributed by atoms with Crippen LogP contribution in [0.4, 0.5) is 16.0 Å². The van der Waals surface area contributed by atoms with Gasteiger partial charge in [0.05, 0.1) is 32.5 Å². The van der Waals surface area contributed by atoms with E-state index in [0.29, 0.717) is 11.2 Å². The van der Waals surface area contributed by atoms with Crippen molar-refractivity contribution in [3.8, 4) is 0 Å². The highest BCUT2D eigenvalue weighted by Gasteiger charge is 2.65. The predicted octanol–water partition coefficient (Wildman–Crippen LogP) is 0.103. The molecule has 0 aliphatic carbocycles. The van der Waals surface area contributed by atoms with Crippen LogP contribution >= 0.6 is 14.9 Å². The fourth-order valence-corrected chi connectivity index (χ4v) is 8.03.